The highest BCUT2D eigenvalue weighted by Crippen LogP contribution is 2.55. The SMILES string of the molecule is C/C(I)=C\[C@@]1(C)C[C@@H](n2ccc3c(Cl)ncnc32)[C@@H]2OC(C)(C)O[C@@H]21. The molecule has 2 fully saturated rings. The van der Waals surface area contributed by atoms with Gasteiger partial charge in [0.05, 0.1) is 17.5 Å². The molecule has 1 saturated heterocycles. The lowest BCUT2D eigenvalue weighted by atomic mass is 9.85. The van der Waals surface area contributed by atoms with Crippen LogP contribution in [0.2, 0.25) is 5.15 Å². The van der Waals surface area contributed by atoms with Gasteiger partial charge in [-0.2, -0.15) is 0 Å². The summed E-state index contributed by atoms with van der Waals surface area (Å²) < 4.78 is 16.1. The maximum atomic E-state index is 6.31. The molecule has 2 aliphatic rings. The molecule has 0 bridgehead atoms. The number of fused-ring (bicyclic) bond motifs is 2. The van der Waals surface area contributed by atoms with Crippen molar-refractivity contribution in [3.05, 3.63) is 33.4 Å². The van der Waals surface area contributed by atoms with Crippen molar-refractivity contribution in [2.45, 2.75) is 58.2 Å². The molecular formula is C18H21ClIN3O2. The molecule has 25 heavy (non-hydrogen) atoms. The van der Waals surface area contributed by atoms with Crippen LogP contribution < -0.4 is 0 Å². The second kappa shape index (κ2) is 5.90. The Labute approximate surface area is 165 Å². The maximum Gasteiger partial charge on any atom is 0.163 e. The summed E-state index contributed by atoms with van der Waals surface area (Å²) in [4.78, 5) is 8.54. The molecule has 0 spiro atoms. The quantitative estimate of drug-likeness (QED) is 0.460. The highest BCUT2D eigenvalue weighted by Gasteiger charge is 2.59. The molecule has 2 aromatic heterocycles. The normalized spacial score (nSPS) is 34.6. The number of rotatable bonds is 2. The van der Waals surface area contributed by atoms with Crippen molar-refractivity contribution < 1.29 is 9.47 Å². The van der Waals surface area contributed by atoms with Gasteiger partial charge in [0.25, 0.3) is 0 Å². The lowest BCUT2D eigenvalue weighted by molar-refractivity contribution is -0.164. The van der Waals surface area contributed by atoms with E-state index in [1.807, 2.05) is 26.1 Å². The first kappa shape index (κ1) is 17.7. The fourth-order valence-electron chi connectivity index (χ4n) is 4.32. The van der Waals surface area contributed by atoms with Crippen molar-refractivity contribution in [2.24, 2.45) is 5.41 Å². The average molecular weight is 474 g/mol. The molecule has 0 aromatic carbocycles. The molecule has 1 saturated carbocycles. The van der Waals surface area contributed by atoms with Crippen LogP contribution in [0, 0.1) is 5.41 Å². The van der Waals surface area contributed by atoms with Gasteiger partial charge in [0.15, 0.2) is 5.79 Å². The van der Waals surface area contributed by atoms with Crippen molar-refractivity contribution in [3.63, 3.8) is 0 Å². The molecule has 7 heteroatoms. The number of nitrogens with zero attached hydrogens (tertiary/aromatic N) is 3. The largest absolute Gasteiger partial charge is 0.344 e. The Kier molecular flexibility index (Phi) is 4.18. The number of halogens is 2. The molecule has 1 aliphatic heterocycles. The van der Waals surface area contributed by atoms with Crippen molar-refractivity contribution in [2.75, 3.05) is 0 Å². The van der Waals surface area contributed by atoms with E-state index in [1.165, 1.54) is 9.91 Å². The van der Waals surface area contributed by atoms with E-state index in [-0.39, 0.29) is 23.7 Å². The van der Waals surface area contributed by atoms with Gasteiger partial charge in [-0.1, -0.05) is 24.6 Å². The predicted octanol–water partition coefficient (Wildman–Crippen LogP) is 4.89. The van der Waals surface area contributed by atoms with Gasteiger partial charge in [-0.05, 0) is 59.4 Å². The Balaban J connectivity index is 1.82. The molecule has 0 amide bonds. The smallest absolute Gasteiger partial charge is 0.163 e. The first-order valence-corrected chi connectivity index (χ1v) is 9.83. The zero-order chi connectivity index (χ0) is 18.0. The van der Waals surface area contributed by atoms with Crippen LogP contribution >= 0.6 is 34.2 Å². The fourth-order valence-corrected chi connectivity index (χ4v) is 5.23. The van der Waals surface area contributed by atoms with Crippen LogP contribution in [-0.4, -0.2) is 32.5 Å². The fraction of sp³-hybridized carbons (Fsp3) is 0.556. The molecule has 0 N–H and O–H groups in total. The summed E-state index contributed by atoms with van der Waals surface area (Å²) in [7, 11) is 0. The molecule has 2 aromatic rings. The minimum atomic E-state index is -0.585. The third-order valence-corrected chi connectivity index (χ3v) is 5.77. The van der Waals surface area contributed by atoms with Crippen LogP contribution in [0.1, 0.15) is 40.2 Å². The molecule has 3 heterocycles. The number of hydrogen-bond acceptors (Lipinski definition) is 4. The number of ether oxygens (including phenoxy) is 2. The van der Waals surface area contributed by atoms with Gasteiger partial charge in [-0.15, -0.1) is 0 Å². The van der Waals surface area contributed by atoms with Crippen LogP contribution in [0.5, 0.6) is 0 Å². The van der Waals surface area contributed by atoms with E-state index >= 15 is 0 Å². The van der Waals surface area contributed by atoms with Crippen LogP contribution in [0.4, 0.5) is 0 Å². The summed E-state index contributed by atoms with van der Waals surface area (Å²) >= 11 is 8.59. The monoisotopic (exact) mass is 473 g/mol. The first-order chi connectivity index (χ1) is 11.7. The van der Waals surface area contributed by atoms with Gasteiger partial charge in [-0.25, -0.2) is 9.97 Å². The number of allylic oxidation sites excluding steroid dienone is 1. The second-order valence-corrected chi connectivity index (χ2v) is 9.71. The van der Waals surface area contributed by atoms with Crippen LogP contribution in [-0.2, 0) is 9.47 Å². The van der Waals surface area contributed by atoms with E-state index in [0.717, 1.165) is 17.5 Å². The van der Waals surface area contributed by atoms with Crippen LogP contribution in [0.3, 0.4) is 0 Å². The van der Waals surface area contributed by atoms with Crippen molar-refractivity contribution in [1.82, 2.24) is 14.5 Å². The Hall–Kier alpha value is -0.700. The Morgan fingerprint density at radius 3 is 2.84 bits per heavy atom. The molecular weight excluding hydrogens is 453 g/mol. The first-order valence-electron chi connectivity index (χ1n) is 8.38. The van der Waals surface area contributed by atoms with E-state index in [1.54, 1.807) is 0 Å². The minimum absolute atomic E-state index is 0.00646. The van der Waals surface area contributed by atoms with Gasteiger partial charge >= 0.3 is 0 Å². The molecule has 5 nitrogen and oxygen atoms in total. The summed E-state index contributed by atoms with van der Waals surface area (Å²) in [5.41, 5.74) is 0.749. The standard InChI is InChI=1S/C18H21ClIN3O2/c1-10(20)7-18(4)8-12(13-14(18)25-17(2,3)24-13)23-6-5-11-15(19)21-9-22-16(11)23/h5-7,9,12-14H,8H2,1-4H3/b10-7+/t12-,13+,14+,18+/m1/s1. The van der Waals surface area contributed by atoms with E-state index in [0.29, 0.717) is 5.15 Å². The lowest BCUT2D eigenvalue weighted by Crippen LogP contribution is -2.32. The van der Waals surface area contributed by atoms with E-state index < -0.39 is 5.79 Å². The Morgan fingerprint density at radius 1 is 1.36 bits per heavy atom. The van der Waals surface area contributed by atoms with E-state index in [2.05, 4.69) is 57.0 Å². The van der Waals surface area contributed by atoms with Crippen molar-refractivity contribution >= 4 is 45.2 Å². The van der Waals surface area contributed by atoms with Gasteiger partial charge in [0.2, 0.25) is 0 Å². The summed E-state index contributed by atoms with van der Waals surface area (Å²) in [5.74, 6) is -0.585. The zero-order valence-corrected chi connectivity index (χ0v) is 17.6. The maximum absolute atomic E-state index is 6.31. The summed E-state index contributed by atoms with van der Waals surface area (Å²) in [6.45, 7) is 8.34. The number of hydrogen-bond donors (Lipinski definition) is 0. The summed E-state index contributed by atoms with van der Waals surface area (Å²) in [5, 5.41) is 1.35. The highest BCUT2D eigenvalue weighted by atomic mass is 127. The molecule has 4 rings (SSSR count). The summed E-state index contributed by atoms with van der Waals surface area (Å²) in [6, 6.07) is 2.11. The number of aromatic nitrogens is 3. The highest BCUT2D eigenvalue weighted by molar-refractivity contribution is 14.1. The molecule has 4 atom stereocenters. The lowest BCUT2D eigenvalue weighted by Gasteiger charge is -2.29. The Bertz CT molecular complexity index is 861. The van der Waals surface area contributed by atoms with Gasteiger partial charge in [0.1, 0.15) is 23.2 Å². The second-order valence-electron chi connectivity index (χ2n) is 7.65. The van der Waals surface area contributed by atoms with Crippen molar-refractivity contribution in [1.29, 1.82) is 0 Å². The Morgan fingerprint density at radius 2 is 2.12 bits per heavy atom. The predicted molar refractivity (Wildman–Crippen MR) is 106 cm³/mol. The van der Waals surface area contributed by atoms with Gasteiger partial charge < -0.3 is 14.0 Å². The van der Waals surface area contributed by atoms with Gasteiger partial charge in [0, 0.05) is 11.6 Å². The van der Waals surface area contributed by atoms with Crippen molar-refractivity contribution in [3.8, 4) is 0 Å². The van der Waals surface area contributed by atoms with E-state index in [4.69, 9.17) is 21.1 Å². The van der Waals surface area contributed by atoms with Crippen LogP contribution in [0.25, 0.3) is 11.0 Å². The topological polar surface area (TPSA) is 49.2 Å². The molecule has 0 radical (unpaired) electrons. The minimum Gasteiger partial charge on any atom is -0.344 e. The van der Waals surface area contributed by atoms with E-state index in [9.17, 15) is 0 Å². The molecule has 1 aliphatic carbocycles. The molecule has 0 unspecified atom stereocenters. The van der Waals surface area contributed by atoms with Crippen LogP contribution in [0.15, 0.2) is 28.2 Å². The molecule has 134 valence electrons. The third-order valence-electron chi connectivity index (χ3n) is 5.15. The van der Waals surface area contributed by atoms with Gasteiger partial charge in [-0.3, -0.25) is 0 Å². The zero-order valence-electron chi connectivity index (χ0n) is 14.7. The summed E-state index contributed by atoms with van der Waals surface area (Å²) in [6.07, 6.45) is 6.75. The average Bonchev–Trinajstić information content (AvgIpc) is 3.12. The third kappa shape index (κ3) is 2.91.